The topological polar surface area (TPSA) is 115 Å². The van der Waals surface area contributed by atoms with Crippen molar-refractivity contribution in [3.8, 4) is 6.07 Å². The van der Waals surface area contributed by atoms with Crippen molar-refractivity contribution < 1.29 is 9.90 Å². The number of carboxylic acid groups (broad SMARTS) is 1. The number of hydrogen-bond donors (Lipinski definition) is 2. The van der Waals surface area contributed by atoms with Crippen LogP contribution in [0.4, 0.5) is 10.6 Å². The maximum absolute atomic E-state index is 11.1. The van der Waals surface area contributed by atoms with E-state index in [-0.39, 0.29) is 12.6 Å². The molecule has 1 amide bonds. The van der Waals surface area contributed by atoms with E-state index in [1.807, 2.05) is 31.2 Å². The fourth-order valence-electron chi connectivity index (χ4n) is 2.94. The number of hydrogen-bond acceptors (Lipinski definition) is 6. The van der Waals surface area contributed by atoms with Crippen LogP contribution in [0, 0.1) is 11.3 Å². The molecule has 1 aromatic carbocycles. The van der Waals surface area contributed by atoms with Crippen LogP contribution in [-0.2, 0) is 13.0 Å². The van der Waals surface area contributed by atoms with Crippen molar-refractivity contribution in [3.63, 3.8) is 0 Å². The Morgan fingerprint density at radius 1 is 1.34 bits per heavy atom. The van der Waals surface area contributed by atoms with Gasteiger partial charge in [0.15, 0.2) is 5.82 Å². The molecule has 0 aliphatic heterocycles. The highest BCUT2D eigenvalue weighted by Crippen LogP contribution is 2.28. The molecule has 0 saturated heterocycles. The minimum Gasteiger partial charge on any atom is -0.465 e. The summed E-state index contributed by atoms with van der Waals surface area (Å²) in [5.41, 5.74) is 2.43. The third-order valence-corrected chi connectivity index (χ3v) is 4.71. The van der Waals surface area contributed by atoms with Crippen molar-refractivity contribution in [2.75, 3.05) is 12.4 Å². The quantitative estimate of drug-likeness (QED) is 0.589. The molecular formula is C20H19ClN6O2. The predicted octanol–water partition coefficient (Wildman–Crippen LogP) is 4.03. The van der Waals surface area contributed by atoms with Crippen LogP contribution in [0.15, 0.2) is 36.5 Å². The molecule has 3 aromatic rings. The third-order valence-electron chi connectivity index (χ3n) is 4.51. The van der Waals surface area contributed by atoms with E-state index in [4.69, 9.17) is 22.0 Å². The molecule has 8 nitrogen and oxygen atoms in total. The molecular weight excluding hydrogens is 392 g/mol. The first kappa shape index (κ1) is 20.3. The van der Waals surface area contributed by atoms with Gasteiger partial charge in [-0.05, 0) is 24.1 Å². The Hall–Kier alpha value is -3.44. The lowest BCUT2D eigenvalue weighted by molar-refractivity contribution is 0.153. The summed E-state index contributed by atoms with van der Waals surface area (Å²) in [4.78, 5) is 16.4. The Balaban J connectivity index is 1.95. The van der Waals surface area contributed by atoms with Crippen molar-refractivity contribution >= 4 is 34.3 Å². The highest BCUT2D eigenvalue weighted by Gasteiger charge is 2.16. The minimum absolute atomic E-state index is 0.0776. The lowest BCUT2D eigenvalue weighted by atomic mass is 10.0. The monoisotopic (exact) mass is 410 g/mol. The van der Waals surface area contributed by atoms with Crippen LogP contribution < -0.4 is 5.32 Å². The molecule has 0 spiro atoms. The molecule has 2 heterocycles. The summed E-state index contributed by atoms with van der Waals surface area (Å²) in [7, 11) is 1.46. The Morgan fingerprint density at radius 3 is 2.86 bits per heavy atom. The number of aromatic nitrogens is 3. The minimum atomic E-state index is -1.06. The van der Waals surface area contributed by atoms with Crippen LogP contribution in [0.2, 0.25) is 5.15 Å². The van der Waals surface area contributed by atoms with Gasteiger partial charge in [-0.15, -0.1) is 5.10 Å². The van der Waals surface area contributed by atoms with E-state index in [0.717, 1.165) is 16.0 Å². The number of amides is 1. The molecule has 9 heteroatoms. The number of nitrogens with zero attached hydrogens (tertiary/aromatic N) is 5. The Kier molecular flexibility index (Phi) is 6.10. The zero-order valence-electron chi connectivity index (χ0n) is 15.9. The Morgan fingerprint density at radius 2 is 2.14 bits per heavy atom. The van der Waals surface area contributed by atoms with Crippen molar-refractivity contribution in [1.82, 2.24) is 20.1 Å². The van der Waals surface area contributed by atoms with Crippen molar-refractivity contribution in [2.45, 2.75) is 25.9 Å². The second kappa shape index (κ2) is 8.71. The van der Waals surface area contributed by atoms with Gasteiger partial charge in [-0.2, -0.15) is 10.4 Å². The van der Waals surface area contributed by atoms with Gasteiger partial charge in [0.05, 0.1) is 30.8 Å². The molecule has 0 fully saturated rings. The van der Waals surface area contributed by atoms with Gasteiger partial charge < -0.3 is 15.3 Å². The van der Waals surface area contributed by atoms with Crippen LogP contribution in [0.25, 0.3) is 10.8 Å². The van der Waals surface area contributed by atoms with Crippen molar-refractivity contribution in [2.24, 2.45) is 0 Å². The number of nitrogens with one attached hydrogen (secondary N) is 1. The standard InChI is InChI=1S/C20H19ClN6O2/c1-12(14-5-3-4-13(8-14)6-7-22)24-19-15-9-18(21)23-10-16(15)17(25-26-19)11-27(2)20(28)29/h3-5,8-10,12H,6,11H2,1-2H3,(H,24,26)(H,28,29). The van der Waals surface area contributed by atoms with E-state index < -0.39 is 6.09 Å². The number of carbonyl (C=O) groups is 1. The normalized spacial score (nSPS) is 11.7. The zero-order valence-corrected chi connectivity index (χ0v) is 16.7. The summed E-state index contributed by atoms with van der Waals surface area (Å²) >= 11 is 6.09. The molecule has 2 aromatic heterocycles. The molecule has 3 rings (SSSR count). The summed E-state index contributed by atoms with van der Waals surface area (Å²) < 4.78 is 0. The first-order valence-electron chi connectivity index (χ1n) is 8.86. The maximum atomic E-state index is 11.1. The molecule has 29 heavy (non-hydrogen) atoms. The van der Waals surface area contributed by atoms with Crippen LogP contribution in [0.1, 0.15) is 29.8 Å². The largest absolute Gasteiger partial charge is 0.465 e. The number of rotatable bonds is 6. The van der Waals surface area contributed by atoms with E-state index in [2.05, 4.69) is 26.6 Å². The number of nitriles is 1. The number of fused-ring (bicyclic) bond motifs is 1. The van der Waals surface area contributed by atoms with Gasteiger partial charge in [-0.1, -0.05) is 35.9 Å². The highest BCUT2D eigenvalue weighted by atomic mass is 35.5. The second-order valence-corrected chi connectivity index (χ2v) is 7.02. The summed E-state index contributed by atoms with van der Waals surface area (Å²) in [6, 6.07) is 11.5. The van der Waals surface area contributed by atoms with Crippen LogP contribution in [0.5, 0.6) is 0 Å². The van der Waals surface area contributed by atoms with Crippen LogP contribution in [0.3, 0.4) is 0 Å². The fraction of sp³-hybridized carbons (Fsp3) is 0.250. The average molecular weight is 411 g/mol. The number of halogens is 1. The maximum Gasteiger partial charge on any atom is 0.407 e. The van der Waals surface area contributed by atoms with Crippen LogP contribution >= 0.6 is 11.6 Å². The molecule has 1 atom stereocenters. The molecule has 0 radical (unpaired) electrons. The van der Waals surface area contributed by atoms with E-state index in [9.17, 15) is 4.79 Å². The fourth-order valence-corrected chi connectivity index (χ4v) is 3.10. The second-order valence-electron chi connectivity index (χ2n) is 6.63. The van der Waals surface area contributed by atoms with Gasteiger partial charge >= 0.3 is 6.09 Å². The molecule has 2 N–H and O–H groups in total. The molecule has 0 aliphatic rings. The Labute approximate surface area is 172 Å². The van der Waals surface area contributed by atoms with E-state index >= 15 is 0 Å². The van der Waals surface area contributed by atoms with Crippen molar-refractivity contribution in [3.05, 3.63) is 58.5 Å². The molecule has 1 unspecified atom stereocenters. The number of anilines is 1. The summed E-state index contributed by atoms with van der Waals surface area (Å²) in [6.45, 7) is 2.06. The predicted molar refractivity (Wildman–Crippen MR) is 110 cm³/mol. The molecule has 148 valence electrons. The molecule has 0 aliphatic carbocycles. The van der Waals surface area contributed by atoms with Gasteiger partial charge in [0.25, 0.3) is 0 Å². The third kappa shape index (κ3) is 4.70. The smallest absolute Gasteiger partial charge is 0.407 e. The number of pyridine rings is 1. The summed E-state index contributed by atoms with van der Waals surface area (Å²) in [5, 5.41) is 31.5. The summed E-state index contributed by atoms with van der Waals surface area (Å²) in [6.07, 6.45) is 0.854. The first-order chi connectivity index (χ1) is 13.9. The molecule has 0 saturated carbocycles. The van der Waals surface area contributed by atoms with Crippen molar-refractivity contribution in [1.29, 1.82) is 5.26 Å². The number of benzene rings is 1. The van der Waals surface area contributed by atoms with Gasteiger partial charge in [0.2, 0.25) is 0 Å². The Bertz CT molecular complexity index is 1100. The van der Waals surface area contributed by atoms with E-state index in [1.54, 1.807) is 12.3 Å². The van der Waals surface area contributed by atoms with Gasteiger partial charge in [0, 0.05) is 24.0 Å². The van der Waals surface area contributed by atoms with E-state index in [1.165, 1.54) is 7.05 Å². The van der Waals surface area contributed by atoms with Gasteiger partial charge in [-0.25, -0.2) is 9.78 Å². The SMILES string of the molecule is CC(Nc1nnc(CN(C)C(=O)O)c2cnc(Cl)cc12)c1cccc(CC#N)c1. The highest BCUT2D eigenvalue weighted by molar-refractivity contribution is 6.30. The first-order valence-corrected chi connectivity index (χ1v) is 9.24. The average Bonchev–Trinajstić information content (AvgIpc) is 2.70. The zero-order chi connectivity index (χ0) is 21.0. The van der Waals surface area contributed by atoms with E-state index in [0.29, 0.717) is 33.9 Å². The van der Waals surface area contributed by atoms with Crippen LogP contribution in [-0.4, -0.2) is 38.3 Å². The lowest BCUT2D eigenvalue weighted by Crippen LogP contribution is -2.25. The molecule has 0 bridgehead atoms. The lowest BCUT2D eigenvalue weighted by Gasteiger charge is -2.18. The van der Waals surface area contributed by atoms with Gasteiger partial charge in [0.1, 0.15) is 5.15 Å². The van der Waals surface area contributed by atoms with Gasteiger partial charge in [-0.3, -0.25) is 0 Å². The summed E-state index contributed by atoms with van der Waals surface area (Å²) in [5.74, 6) is 0.518.